The van der Waals surface area contributed by atoms with Crippen molar-refractivity contribution in [2.75, 3.05) is 7.11 Å². The van der Waals surface area contributed by atoms with E-state index in [0.717, 1.165) is 43.2 Å². The van der Waals surface area contributed by atoms with E-state index in [4.69, 9.17) is 25.9 Å². The summed E-state index contributed by atoms with van der Waals surface area (Å²) in [4.78, 5) is 28.9. The molecule has 3 rings (SSSR count). The highest BCUT2D eigenvalue weighted by Crippen LogP contribution is 2.30. The first-order valence-corrected chi connectivity index (χ1v) is 10.7. The Hall–Kier alpha value is -2.99. The number of nitrogens with one attached hydrogen (secondary N) is 1. The van der Waals surface area contributed by atoms with Crippen molar-refractivity contribution in [3.8, 4) is 11.5 Å². The molecule has 0 spiro atoms. The summed E-state index contributed by atoms with van der Waals surface area (Å²) >= 11 is 6.16. The maximum Gasteiger partial charge on any atom is 0.335 e. The molecule has 0 bridgehead atoms. The van der Waals surface area contributed by atoms with Crippen molar-refractivity contribution in [3.05, 3.63) is 64.7 Å². The van der Waals surface area contributed by atoms with E-state index in [0.29, 0.717) is 23.1 Å². The molecule has 6 nitrogen and oxygen atoms in total. The molecule has 1 N–H and O–H groups in total. The lowest BCUT2D eigenvalue weighted by Crippen LogP contribution is -2.30. The molecular weight excluding hydrogens is 418 g/mol. The molecule has 1 saturated carbocycles. The van der Waals surface area contributed by atoms with Gasteiger partial charge in [-0.3, -0.25) is 4.79 Å². The van der Waals surface area contributed by atoms with Crippen LogP contribution in [0.25, 0.3) is 6.08 Å². The first-order chi connectivity index (χ1) is 15.1. The Labute approximate surface area is 187 Å². The molecule has 2 aromatic carbocycles. The van der Waals surface area contributed by atoms with E-state index in [1.54, 1.807) is 31.4 Å². The molecule has 31 heavy (non-hydrogen) atoms. The van der Waals surface area contributed by atoms with Gasteiger partial charge in [-0.1, -0.05) is 55.1 Å². The summed E-state index contributed by atoms with van der Waals surface area (Å²) in [6.45, 7) is 0.306. The van der Waals surface area contributed by atoms with Crippen molar-refractivity contribution in [2.24, 2.45) is 5.92 Å². The van der Waals surface area contributed by atoms with Crippen LogP contribution in [0.2, 0.25) is 5.02 Å². The largest absolute Gasteiger partial charge is 0.493 e. The maximum atomic E-state index is 12.0. The van der Waals surface area contributed by atoms with Crippen LogP contribution in [0, 0.1) is 5.92 Å². The van der Waals surface area contributed by atoms with Gasteiger partial charge in [0.25, 0.3) is 5.91 Å². The molecule has 0 saturated heterocycles. The van der Waals surface area contributed by atoms with Crippen molar-refractivity contribution in [2.45, 2.75) is 38.7 Å². The first kappa shape index (κ1) is 22.7. The second kappa shape index (κ2) is 11.4. The first-order valence-electron chi connectivity index (χ1n) is 10.3. The number of benzene rings is 2. The molecule has 0 aromatic heterocycles. The molecule has 0 aliphatic heterocycles. The Morgan fingerprint density at radius 1 is 1.10 bits per heavy atom. The molecule has 1 aliphatic carbocycles. The summed E-state index contributed by atoms with van der Waals surface area (Å²) in [5, 5.41) is 0.635. The SMILES string of the molecule is COc1cc(C=CC(=O)NOC(=O)C2CCCCC2)ccc1OCc1ccccc1Cl. The van der Waals surface area contributed by atoms with Gasteiger partial charge in [0.05, 0.1) is 13.0 Å². The molecule has 1 aliphatic rings. The van der Waals surface area contributed by atoms with Crippen LogP contribution in [0.5, 0.6) is 11.5 Å². The van der Waals surface area contributed by atoms with Gasteiger partial charge in [0.1, 0.15) is 6.61 Å². The molecule has 0 heterocycles. The fourth-order valence-electron chi connectivity index (χ4n) is 3.41. The third kappa shape index (κ3) is 6.76. The molecule has 2 aromatic rings. The molecule has 1 fully saturated rings. The molecule has 1 amide bonds. The highest BCUT2D eigenvalue weighted by Gasteiger charge is 2.23. The van der Waals surface area contributed by atoms with Gasteiger partial charge < -0.3 is 14.3 Å². The predicted octanol–water partition coefficient (Wildman–Crippen LogP) is 5.10. The minimum absolute atomic E-state index is 0.124. The molecule has 164 valence electrons. The molecule has 0 unspecified atom stereocenters. The van der Waals surface area contributed by atoms with Crippen molar-refractivity contribution in [1.82, 2.24) is 5.48 Å². The lowest BCUT2D eigenvalue weighted by atomic mass is 9.89. The van der Waals surface area contributed by atoms with E-state index >= 15 is 0 Å². The van der Waals surface area contributed by atoms with Crippen molar-refractivity contribution < 1.29 is 23.9 Å². The van der Waals surface area contributed by atoms with Crippen LogP contribution in [0.4, 0.5) is 0 Å². The Kier molecular flexibility index (Phi) is 8.35. The van der Waals surface area contributed by atoms with Gasteiger partial charge in [-0.05, 0) is 42.7 Å². The Bertz CT molecular complexity index is 937. The smallest absolute Gasteiger partial charge is 0.335 e. The zero-order valence-electron chi connectivity index (χ0n) is 17.4. The second-order valence-corrected chi connectivity index (χ2v) is 7.75. The number of halogens is 1. The quantitative estimate of drug-likeness (QED) is 0.476. The van der Waals surface area contributed by atoms with Gasteiger partial charge in [-0.2, -0.15) is 5.48 Å². The van der Waals surface area contributed by atoms with Crippen LogP contribution in [0.1, 0.15) is 43.2 Å². The summed E-state index contributed by atoms with van der Waals surface area (Å²) in [6, 6.07) is 12.8. The Balaban J connectivity index is 1.53. The van der Waals surface area contributed by atoms with Gasteiger partial charge in [-0.25, -0.2) is 4.79 Å². The van der Waals surface area contributed by atoms with Gasteiger partial charge >= 0.3 is 5.97 Å². The monoisotopic (exact) mass is 443 g/mol. The van der Waals surface area contributed by atoms with Crippen LogP contribution in [0.3, 0.4) is 0 Å². The van der Waals surface area contributed by atoms with Crippen LogP contribution >= 0.6 is 11.6 Å². The number of carbonyl (C=O) groups excluding carboxylic acids is 2. The summed E-state index contributed by atoms with van der Waals surface area (Å²) in [5.74, 6) is 0.0784. The van der Waals surface area contributed by atoms with Crippen molar-refractivity contribution in [1.29, 1.82) is 0 Å². The van der Waals surface area contributed by atoms with Crippen molar-refractivity contribution in [3.63, 3.8) is 0 Å². The number of hydrogen-bond acceptors (Lipinski definition) is 5. The van der Waals surface area contributed by atoms with Crippen LogP contribution in [-0.2, 0) is 21.0 Å². The number of rotatable bonds is 7. The normalized spacial score (nSPS) is 14.3. The number of amides is 1. The van der Waals surface area contributed by atoms with Crippen LogP contribution in [0.15, 0.2) is 48.5 Å². The van der Waals surface area contributed by atoms with Gasteiger partial charge in [0.2, 0.25) is 0 Å². The minimum Gasteiger partial charge on any atom is -0.493 e. The van der Waals surface area contributed by atoms with E-state index in [-0.39, 0.29) is 11.9 Å². The number of carbonyl (C=O) groups is 2. The zero-order chi connectivity index (χ0) is 22.1. The highest BCUT2D eigenvalue weighted by atomic mass is 35.5. The van der Waals surface area contributed by atoms with Crippen LogP contribution in [-0.4, -0.2) is 19.0 Å². The van der Waals surface area contributed by atoms with E-state index in [9.17, 15) is 9.59 Å². The average Bonchev–Trinajstić information content (AvgIpc) is 2.81. The zero-order valence-corrected chi connectivity index (χ0v) is 18.2. The number of methoxy groups -OCH3 is 1. The summed E-state index contributed by atoms with van der Waals surface area (Å²) < 4.78 is 11.2. The Morgan fingerprint density at radius 3 is 2.61 bits per heavy atom. The average molecular weight is 444 g/mol. The predicted molar refractivity (Wildman–Crippen MR) is 119 cm³/mol. The summed E-state index contributed by atoms with van der Waals surface area (Å²) in [5.41, 5.74) is 3.79. The van der Waals surface area contributed by atoms with Crippen LogP contribution < -0.4 is 15.0 Å². The van der Waals surface area contributed by atoms with E-state index < -0.39 is 5.91 Å². The minimum atomic E-state index is -0.512. The maximum absolute atomic E-state index is 12.0. The molecule has 0 radical (unpaired) electrons. The lowest BCUT2D eigenvalue weighted by molar-refractivity contribution is -0.161. The summed E-state index contributed by atoms with van der Waals surface area (Å²) in [6.07, 6.45) is 7.72. The van der Waals surface area contributed by atoms with E-state index in [1.165, 1.54) is 6.08 Å². The lowest BCUT2D eigenvalue weighted by Gasteiger charge is -2.19. The van der Waals surface area contributed by atoms with E-state index in [1.807, 2.05) is 24.3 Å². The fraction of sp³-hybridized carbons (Fsp3) is 0.333. The third-order valence-electron chi connectivity index (χ3n) is 5.15. The molecule has 7 heteroatoms. The number of hydrogen-bond donors (Lipinski definition) is 1. The van der Waals surface area contributed by atoms with Crippen molar-refractivity contribution >= 4 is 29.6 Å². The van der Waals surface area contributed by atoms with Gasteiger partial charge in [0.15, 0.2) is 11.5 Å². The Morgan fingerprint density at radius 2 is 1.87 bits per heavy atom. The fourth-order valence-corrected chi connectivity index (χ4v) is 3.60. The standard InChI is InChI=1S/C24H26ClNO5/c1-29-22-15-17(11-13-21(22)30-16-19-9-5-6-10-20(19)25)12-14-23(27)26-31-24(28)18-7-3-2-4-8-18/h5-6,9-15,18H,2-4,7-8,16H2,1H3,(H,26,27). The topological polar surface area (TPSA) is 73.9 Å². The van der Waals surface area contributed by atoms with Gasteiger partial charge in [0, 0.05) is 16.7 Å². The number of hydroxylamine groups is 1. The second-order valence-electron chi connectivity index (χ2n) is 7.35. The highest BCUT2D eigenvalue weighted by molar-refractivity contribution is 6.31. The number of ether oxygens (including phenoxy) is 2. The summed E-state index contributed by atoms with van der Waals surface area (Å²) in [7, 11) is 1.54. The van der Waals surface area contributed by atoms with E-state index in [2.05, 4.69) is 5.48 Å². The molecule has 0 atom stereocenters. The van der Waals surface area contributed by atoms with Gasteiger partial charge in [-0.15, -0.1) is 0 Å². The molecular formula is C24H26ClNO5. The third-order valence-corrected chi connectivity index (χ3v) is 5.52.